The highest BCUT2D eigenvalue weighted by Gasteiger charge is 2.17. The Balaban J connectivity index is 1.50. The van der Waals surface area contributed by atoms with E-state index in [1.807, 2.05) is 24.3 Å². The van der Waals surface area contributed by atoms with Crippen LogP contribution in [0.2, 0.25) is 0 Å². The van der Waals surface area contributed by atoms with Crippen LogP contribution >= 0.6 is 0 Å². The van der Waals surface area contributed by atoms with E-state index in [-0.39, 0.29) is 24.9 Å². The van der Waals surface area contributed by atoms with Crippen LogP contribution in [0.4, 0.5) is 11.4 Å². The number of hydrogen-bond acceptors (Lipinski definition) is 6. The monoisotopic (exact) mass is 398 g/mol. The molecule has 0 aliphatic carbocycles. The average Bonchev–Trinajstić information content (AvgIpc) is 3.36. The molecule has 10 heteroatoms. The van der Waals surface area contributed by atoms with Gasteiger partial charge in [-0.2, -0.15) is 10.2 Å². The van der Waals surface area contributed by atoms with Crippen molar-refractivity contribution in [1.29, 1.82) is 0 Å². The van der Waals surface area contributed by atoms with E-state index in [0.29, 0.717) is 5.69 Å². The molecule has 0 aliphatic heterocycles. The molecule has 0 spiro atoms. The van der Waals surface area contributed by atoms with Crippen LogP contribution in [0.5, 0.6) is 5.75 Å². The Hall–Kier alpha value is -3.69. The highest BCUT2D eigenvalue weighted by Crippen LogP contribution is 2.15. The lowest BCUT2D eigenvalue weighted by molar-refractivity contribution is -0.385. The zero-order valence-electron chi connectivity index (χ0n) is 16.2. The molecular weight excluding hydrogens is 376 g/mol. The van der Waals surface area contributed by atoms with Crippen molar-refractivity contribution in [2.45, 2.75) is 33.5 Å². The third-order valence-electron chi connectivity index (χ3n) is 4.33. The number of aryl methyl sites for hydroxylation is 1. The quantitative estimate of drug-likeness (QED) is 0.437. The summed E-state index contributed by atoms with van der Waals surface area (Å²) in [4.78, 5) is 22.5. The van der Waals surface area contributed by atoms with E-state index in [1.54, 1.807) is 17.8 Å². The van der Waals surface area contributed by atoms with E-state index >= 15 is 0 Å². The predicted molar refractivity (Wildman–Crippen MR) is 105 cm³/mol. The van der Waals surface area contributed by atoms with Crippen molar-refractivity contribution in [3.8, 4) is 5.75 Å². The first-order valence-corrected chi connectivity index (χ1v) is 9.16. The standard InChI is InChI=1S/C19H22N6O4/c1-3-15-4-6-18(7-5-15)29-13-24-11-16(8-20-24)22-19(26)14(2)10-23-12-17(9-21-23)25(27)28/h4-9,11-12,14H,3,10,13H2,1-2H3,(H,22,26). The van der Waals surface area contributed by atoms with Crippen molar-refractivity contribution in [1.82, 2.24) is 19.6 Å². The molecule has 0 saturated carbocycles. The summed E-state index contributed by atoms with van der Waals surface area (Å²) in [7, 11) is 0. The van der Waals surface area contributed by atoms with Gasteiger partial charge >= 0.3 is 5.69 Å². The van der Waals surface area contributed by atoms with Crippen LogP contribution in [-0.4, -0.2) is 30.4 Å². The SMILES string of the molecule is CCc1ccc(OCn2cc(NC(=O)C(C)Cn3cc([N+](=O)[O-])cn3)cn2)cc1. The van der Waals surface area contributed by atoms with Gasteiger partial charge in [-0.3, -0.25) is 19.6 Å². The van der Waals surface area contributed by atoms with E-state index in [0.717, 1.165) is 18.4 Å². The fraction of sp³-hybridized carbons (Fsp3) is 0.316. The molecule has 2 aromatic heterocycles. The first-order chi connectivity index (χ1) is 13.9. The summed E-state index contributed by atoms with van der Waals surface area (Å²) in [6, 6.07) is 7.85. The summed E-state index contributed by atoms with van der Waals surface area (Å²) in [5.41, 5.74) is 1.67. The average molecular weight is 398 g/mol. The molecule has 1 aromatic carbocycles. The highest BCUT2D eigenvalue weighted by atomic mass is 16.6. The fourth-order valence-electron chi connectivity index (χ4n) is 2.64. The normalized spacial score (nSPS) is 11.8. The molecular formula is C19H22N6O4. The zero-order chi connectivity index (χ0) is 20.8. The number of aromatic nitrogens is 4. The van der Waals surface area contributed by atoms with Gasteiger partial charge < -0.3 is 10.1 Å². The molecule has 3 aromatic rings. The maximum atomic E-state index is 12.4. The Morgan fingerprint density at radius 1 is 1.21 bits per heavy atom. The van der Waals surface area contributed by atoms with Gasteiger partial charge in [0.05, 0.1) is 35.5 Å². The second-order valence-electron chi connectivity index (χ2n) is 6.61. The van der Waals surface area contributed by atoms with E-state index in [2.05, 4.69) is 22.4 Å². The number of carbonyl (C=O) groups is 1. The molecule has 0 saturated heterocycles. The smallest absolute Gasteiger partial charge is 0.306 e. The van der Waals surface area contributed by atoms with Gasteiger partial charge in [-0.25, -0.2) is 4.68 Å². The second-order valence-corrected chi connectivity index (χ2v) is 6.61. The van der Waals surface area contributed by atoms with Gasteiger partial charge in [0.1, 0.15) is 18.1 Å². The first-order valence-electron chi connectivity index (χ1n) is 9.16. The Bertz CT molecular complexity index is 979. The minimum Gasteiger partial charge on any atom is -0.471 e. The van der Waals surface area contributed by atoms with Gasteiger partial charge in [0.15, 0.2) is 6.73 Å². The maximum Gasteiger partial charge on any atom is 0.306 e. The first kappa shape index (κ1) is 20.1. The molecule has 2 heterocycles. The third-order valence-corrected chi connectivity index (χ3v) is 4.33. The topological polar surface area (TPSA) is 117 Å². The molecule has 1 atom stereocenters. The van der Waals surface area contributed by atoms with Gasteiger partial charge in [-0.05, 0) is 24.1 Å². The minimum absolute atomic E-state index is 0.108. The van der Waals surface area contributed by atoms with Gasteiger partial charge in [-0.15, -0.1) is 0 Å². The van der Waals surface area contributed by atoms with E-state index in [4.69, 9.17) is 4.74 Å². The maximum absolute atomic E-state index is 12.4. The number of anilines is 1. The molecule has 0 fully saturated rings. The van der Waals surface area contributed by atoms with Crippen molar-refractivity contribution in [2.75, 3.05) is 5.32 Å². The van der Waals surface area contributed by atoms with Gasteiger partial charge in [0, 0.05) is 0 Å². The van der Waals surface area contributed by atoms with Crippen LogP contribution in [0.25, 0.3) is 0 Å². The molecule has 152 valence electrons. The van der Waals surface area contributed by atoms with Crippen LogP contribution < -0.4 is 10.1 Å². The van der Waals surface area contributed by atoms with Crippen LogP contribution in [0.3, 0.4) is 0 Å². The third kappa shape index (κ3) is 5.41. The number of ether oxygens (including phenoxy) is 1. The highest BCUT2D eigenvalue weighted by molar-refractivity contribution is 5.91. The van der Waals surface area contributed by atoms with Crippen molar-refractivity contribution < 1.29 is 14.5 Å². The number of amides is 1. The lowest BCUT2D eigenvalue weighted by atomic mass is 10.1. The van der Waals surface area contributed by atoms with Crippen molar-refractivity contribution in [2.24, 2.45) is 5.92 Å². The Morgan fingerprint density at radius 2 is 1.93 bits per heavy atom. The summed E-state index contributed by atoms with van der Waals surface area (Å²) in [6.07, 6.45) is 6.63. The summed E-state index contributed by atoms with van der Waals surface area (Å²) >= 11 is 0. The van der Waals surface area contributed by atoms with Crippen LogP contribution in [-0.2, 0) is 24.5 Å². The van der Waals surface area contributed by atoms with Crippen molar-refractivity contribution in [3.63, 3.8) is 0 Å². The largest absolute Gasteiger partial charge is 0.471 e. The molecule has 1 amide bonds. The van der Waals surface area contributed by atoms with E-state index < -0.39 is 10.8 Å². The Morgan fingerprint density at radius 3 is 2.59 bits per heavy atom. The molecule has 1 N–H and O–H groups in total. The zero-order valence-corrected chi connectivity index (χ0v) is 16.2. The van der Waals surface area contributed by atoms with E-state index in [1.165, 1.54) is 22.6 Å². The van der Waals surface area contributed by atoms with Gasteiger partial charge in [0.2, 0.25) is 5.91 Å². The number of hydrogen-bond donors (Lipinski definition) is 1. The van der Waals surface area contributed by atoms with Crippen LogP contribution in [0, 0.1) is 16.0 Å². The van der Waals surface area contributed by atoms with Crippen LogP contribution in [0.15, 0.2) is 49.1 Å². The lowest BCUT2D eigenvalue weighted by Gasteiger charge is -2.10. The number of rotatable bonds is 9. The molecule has 1 unspecified atom stereocenters. The number of nitro groups is 1. The van der Waals surface area contributed by atoms with E-state index in [9.17, 15) is 14.9 Å². The van der Waals surface area contributed by atoms with Gasteiger partial charge in [-0.1, -0.05) is 26.0 Å². The summed E-state index contributed by atoms with van der Waals surface area (Å²) in [5, 5.41) is 21.5. The Labute approximate surface area is 167 Å². The lowest BCUT2D eigenvalue weighted by Crippen LogP contribution is -2.24. The summed E-state index contributed by atoms with van der Waals surface area (Å²) in [5.74, 6) is 0.0650. The summed E-state index contributed by atoms with van der Waals surface area (Å²) in [6.45, 7) is 4.25. The number of nitrogens with one attached hydrogen (secondary N) is 1. The van der Waals surface area contributed by atoms with Crippen molar-refractivity contribution in [3.05, 3.63) is 64.7 Å². The molecule has 0 aliphatic rings. The van der Waals surface area contributed by atoms with Gasteiger partial charge in [0.25, 0.3) is 0 Å². The molecule has 0 bridgehead atoms. The molecule has 0 radical (unpaired) electrons. The minimum atomic E-state index is -0.525. The summed E-state index contributed by atoms with van der Waals surface area (Å²) < 4.78 is 8.63. The van der Waals surface area contributed by atoms with Crippen molar-refractivity contribution >= 4 is 17.3 Å². The second kappa shape index (κ2) is 9.00. The Kier molecular flexibility index (Phi) is 6.22. The van der Waals surface area contributed by atoms with Crippen LogP contribution in [0.1, 0.15) is 19.4 Å². The number of nitrogens with zero attached hydrogens (tertiary/aromatic N) is 5. The molecule has 29 heavy (non-hydrogen) atoms. The predicted octanol–water partition coefficient (Wildman–Crippen LogP) is 2.86. The number of carbonyl (C=O) groups excluding carboxylic acids is 1. The number of benzene rings is 1. The molecule has 3 rings (SSSR count). The fourth-order valence-corrected chi connectivity index (χ4v) is 2.64. The molecule has 10 nitrogen and oxygen atoms in total.